The summed E-state index contributed by atoms with van der Waals surface area (Å²) in [5, 5.41) is 5.35. The van der Waals surface area contributed by atoms with Crippen LogP contribution < -0.4 is 16.8 Å². The van der Waals surface area contributed by atoms with Gasteiger partial charge >= 0.3 is 0 Å². The van der Waals surface area contributed by atoms with E-state index in [0.717, 1.165) is 41.5 Å². The Morgan fingerprint density at radius 2 is 2.05 bits per heavy atom. The Morgan fingerprint density at radius 1 is 1.21 bits per heavy atom. The van der Waals surface area contributed by atoms with E-state index in [-0.39, 0.29) is 5.91 Å². The zero-order valence-corrected chi connectivity index (χ0v) is 10.7. The molecule has 0 bridgehead atoms. The Bertz CT molecular complexity index is 583. The predicted molar refractivity (Wildman–Crippen MR) is 77.7 cm³/mol. The van der Waals surface area contributed by atoms with Crippen LogP contribution in [-0.2, 0) is 4.79 Å². The van der Waals surface area contributed by atoms with Crippen LogP contribution in [0.3, 0.4) is 0 Å². The van der Waals surface area contributed by atoms with Gasteiger partial charge in [-0.1, -0.05) is 0 Å². The lowest BCUT2D eigenvalue weighted by Crippen LogP contribution is -2.11. The number of nitrogens with zero attached hydrogens (tertiary/aromatic N) is 1. The summed E-state index contributed by atoms with van der Waals surface area (Å²) in [6.07, 6.45) is 5.67. The van der Waals surface area contributed by atoms with Crippen LogP contribution >= 0.6 is 0 Å². The maximum Gasteiger partial charge on any atom is 0.217 e. The molecular formula is C14H18N4O. The number of amides is 1. The van der Waals surface area contributed by atoms with Gasteiger partial charge in [0.1, 0.15) is 0 Å². The van der Waals surface area contributed by atoms with Gasteiger partial charge in [0.05, 0.1) is 0 Å². The summed E-state index contributed by atoms with van der Waals surface area (Å²) in [5.74, 6) is -0.248. The Kier molecular flexibility index (Phi) is 4.18. The van der Waals surface area contributed by atoms with Gasteiger partial charge < -0.3 is 16.8 Å². The van der Waals surface area contributed by atoms with Gasteiger partial charge in [-0.05, 0) is 31.0 Å². The number of nitrogens with one attached hydrogen (secondary N) is 1. The molecule has 0 aliphatic rings. The maximum atomic E-state index is 10.6. The van der Waals surface area contributed by atoms with Gasteiger partial charge in [-0.15, -0.1) is 0 Å². The monoisotopic (exact) mass is 258 g/mol. The van der Waals surface area contributed by atoms with Gasteiger partial charge in [0.25, 0.3) is 0 Å². The maximum absolute atomic E-state index is 10.6. The van der Waals surface area contributed by atoms with Gasteiger partial charge in [-0.2, -0.15) is 0 Å². The van der Waals surface area contributed by atoms with Crippen LogP contribution in [0.15, 0.2) is 30.6 Å². The Labute approximate surface area is 112 Å². The van der Waals surface area contributed by atoms with E-state index in [1.807, 2.05) is 18.2 Å². The summed E-state index contributed by atoms with van der Waals surface area (Å²) in [7, 11) is 0. The summed E-state index contributed by atoms with van der Waals surface area (Å²) in [5.41, 5.74) is 12.8. The molecule has 1 amide bonds. The Morgan fingerprint density at radius 3 is 2.84 bits per heavy atom. The van der Waals surface area contributed by atoms with Crippen LogP contribution in [0.25, 0.3) is 10.8 Å². The normalized spacial score (nSPS) is 10.5. The van der Waals surface area contributed by atoms with Crippen molar-refractivity contribution < 1.29 is 4.79 Å². The Balaban J connectivity index is 2.01. The molecule has 0 atom stereocenters. The number of rotatable bonds is 6. The fraction of sp³-hybridized carbons (Fsp3) is 0.286. The fourth-order valence-corrected chi connectivity index (χ4v) is 2.01. The summed E-state index contributed by atoms with van der Waals surface area (Å²) in [6, 6.07) is 5.74. The fourth-order valence-electron chi connectivity index (χ4n) is 2.01. The second kappa shape index (κ2) is 6.04. The number of unbranched alkanes of at least 4 members (excludes halogenated alkanes) is 1. The van der Waals surface area contributed by atoms with Gasteiger partial charge in [0.2, 0.25) is 5.91 Å². The molecular weight excluding hydrogens is 240 g/mol. The van der Waals surface area contributed by atoms with E-state index in [2.05, 4.69) is 10.3 Å². The average Bonchev–Trinajstić information content (AvgIpc) is 2.41. The highest BCUT2D eigenvalue weighted by Crippen LogP contribution is 2.27. The van der Waals surface area contributed by atoms with Crippen molar-refractivity contribution in [2.45, 2.75) is 19.3 Å². The lowest BCUT2D eigenvalue weighted by Gasteiger charge is -2.10. The first-order chi connectivity index (χ1) is 9.18. The highest BCUT2D eigenvalue weighted by atomic mass is 16.1. The number of hydrogen-bond acceptors (Lipinski definition) is 4. The molecule has 19 heavy (non-hydrogen) atoms. The highest BCUT2D eigenvalue weighted by molar-refractivity contribution is 6.00. The van der Waals surface area contributed by atoms with E-state index in [4.69, 9.17) is 11.5 Å². The quantitative estimate of drug-likeness (QED) is 0.544. The highest BCUT2D eigenvalue weighted by Gasteiger charge is 2.03. The SMILES string of the molecule is NC(=O)CCCCNc1ccc(N)c2ccncc12. The number of primary amides is 1. The first kappa shape index (κ1) is 13.1. The first-order valence-corrected chi connectivity index (χ1v) is 6.33. The molecule has 5 N–H and O–H groups in total. The molecule has 0 aliphatic heterocycles. The standard InChI is InChI=1S/C14H18N4O/c15-12-4-5-13(11-9-17-8-6-10(11)12)18-7-2-1-3-14(16)19/h4-6,8-9,18H,1-3,7,15H2,(H2,16,19). The minimum atomic E-state index is -0.248. The van der Waals surface area contributed by atoms with Crippen LogP contribution in [0.4, 0.5) is 11.4 Å². The molecule has 1 heterocycles. The van der Waals surface area contributed by atoms with Crippen LogP contribution in [0.2, 0.25) is 0 Å². The molecule has 5 nitrogen and oxygen atoms in total. The van der Waals surface area contributed by atoms with Crippen molar-refractivity contribution in [1.29, 1.82) is 0 Å². The third-order valence-electron chi connectivity index (χ3n) is 3.02. The van der Waals surface area contributed by atoms with E-state index >= 15 is 0 Å². The molecule has 0 spiro atoms. The number of anilines is 2. The number of nitrogens with two attached hydrogens (primary N) is 2. The van der Waals surface area contributed by atoms with Gasteiger partial charge in [-0.3, -0.25) is 9.78 Å². The number of fused-ring (bicyclic) bond motifs is 1. The van der Waals surface area contributed by atoms with Crippen LogP contribution in [0.5, 0.6) is 0 Å². The molecule has 0 saturated carbocycles. The number of carbonyl (C=O) groups is 1. The van der Waals surface area contributed by atoms with Gasteiger partial charge in [-0.25, -0.2) is 0 Å². The van der Waals surface area contributed by atoms with E-state index in [0.29, 0.717) is 6.42 Å². The summed E-state index contributed by atoms with van der Waals surface area (Å²) in [4.78, 5) is 14.7. The second-order valence-electron chi connectivity index (χ2n) is 4.47. The van der Waals surface area contributed by atoms with Crippen molar-refractivity contribution in [1.82, 2.24) is 4.98 Å². The predicted octanol–water partition coefficient (Wildman–Crippen LogP) is 1.88. The van der Waals surface area contributed by atoms with E-state index < -0.39 is 0 Å². The number of benzene rings is 1. The minimum absolute atomic E-state index is 0.248. The molecule has 0 radical (unpaired) electrons. The molecule has 2 rings (SSSR count). The lowest BCUT2D eigenvalue weighted by atomic mass is 10.1. The number of hydrogen-bond donors (Lipinski definition) is 3. The minimum Gasteiger partial charge on any atom is -0.398 e. The van der Waals surface area contributed by atoms with Crippen molar-refractivity contribution in [3.63, 3.8) is 0 Å². The van der Waals surface area contributed by atoms with Gasteiger partial charge in [0, 0.05) is 47.5 Å². The van der Waals surface area contributed by atoms with Crippen LogP contribution in [-0.4, -0.2) is 17.4 Å². The number of carbonyl (C=O) groups excluding carboxylic acids is 1. The van der Waals surface area contributed by atoms with Crippen molar-refractivity contribution in [3.05, 3.63) is 30.6 Å². The molecule has 0 fully saturated rings. The second-order valence-corrected chi connectivity index (χ2v) is 4.47. The molecule has 0 aliphatic carbocycles. The lowest BCUT2D eigenvalue weighted by molar-refractivity contribution is -0.118. The van der Waals surface area contributed by atoms with Crippen molar-refractivity contribution >= 4 is 28.1 Å². The van der Waals surface area contributed by atoms with Crippen molar-refractivity contribution in [2.75, 3.05) is 17.6 Å². The molecule has 5 heteroatoms. The van der Waals surface area contributed by atoms with Crippen molar-refractivity contribution in [2.24, 2.45) is 5.73 Å². The summed E-state index contributed by atoms with van der Waals surface area (Å²) < 4.78 is 0. The number of pyridine rings is 1. The molecule has 100 valence electrons. The van der Waals surface area contributed by atoms with E-state index in [1.54, 1.807) is 12.4 Å². The number of aromatic nitrogens is 1. The van der Waals surface area contributed by atoms with E-state index in [9.17, 15) is 4.79 Å². The third-order valence-corrected chi connectivity index (χ3v) is 3.02. The zero-order chi connectivity index (χ0) is 13.7. The third kappa shape index (κ3) is 3.34. The van der Waals surface area contributed by atoms with Crippen molar-refractivity contribution in [3.8, 4) is 0 Å². The first-order valence-electron chi connectivity index (χ1n) is 6.33. The topological polar surface area (TPSA) is 94.0 Å². The average molecular weight is 258 g/mol. The summed E-state index contributed by atoms with van der Waals surface area (Å²) >= 11 is 0. The molecule has 2 aromatic rings. The largest absolute Gasteiger partial charge is 0.398 e. The molecule has 0 saturated heterocycles. The van der Waals surface area contributed by atoms with E-state index in [1.165, 1.54) is 0 Å². The molecule has 0 unspecified atom stereocenters. The molecule has 1 aromatic heterocycles. The van der Waals surface area contributed by atoms with Gasteiger partial charge in [0.15, 0.2) is 0 Å². The molecule has 1 aromatic carbocycles. The number of nitrogen functional groups attached to an aromatic ring is 1. The Hall–Kier alpha value is -2.30. The smallest absolute Gasteiger partial charge is 0.217 e. The van der Waals surface area contributed by atoms with Crippen LogP contribution in [0.1, 0.15) is 19.3 Å². The summed E-state index contributed by atoms with van der Waals surface area (Å²) in [6.45, 7) is 0.793. The van der Waals surface area contributed by atoms with Crippen LogP contribution in [0, 0.1) is 0 Å². The zero-order valence-electron chi connectivity index (χ0n) is 10.7.